The minimum atomic E-state index is -1.38. The van der Waals surface area contributed by atoms with Crippen LogP contribution in [-0.4, -0.2) is 94.2 Å². The van der Waals surface area contributed by atoms with E-state index in [0.717, 1.165) is 9.47 Å². The number of hydrogen-bond acceptors (Lipinski definition) is 11. The number of rotatable bonds is 9. The van der Waals surface area contributed by atoms with Gasteiger partial charge in [-0.2, -0.15) is 4.68 Å². The van der Waals surface area contributed by atoms with E-state index in [-0.39, 0.29) is 58.2 Å². The van der Waals surface area contributed by atoms with Crippen molar-refractivity contribution in [3.63, 3.8) is 0 Å². The van der Waals surface area contributed by atoms with Gasteiger partial charge in [0.15, 0.2) is 0 Å². The Balaban J connectivity index is 1.31. The molecule has 1 aliphatic heterocycles. The van der Waals surface area contributed by atoms with Gasteiger partial charge < -0.3 is 25.0 Å². The number of halogens is 1. The summed E-state index contributed by atoms with van der Waals surface area (Å²) in [6, 6.07) is 14.4. The molecule has 0 saturated carbocycles. The van der Waals surface area contributed by atoms with E-state index < -0.39 is 46.4 Å². The summed E-state index contributed by atoms with van der Waals surface area (Å²) in [7, 11) is 0. The van der Waals surface area contributed by atoms with Gasteiger partial charge in [-0.15, -0.1) is 5.10 Å². The van der Waals surface area contributed by atoms with Crippen molar-refractivity contribution in [2.75, 3.05) is 23.3 Å². The number of nitrogens with zero attached hydrogens (tertiary/aromatic N) is 8. The third kappa shape index (κ3) is 7.52. The van der Waals surface area contributed by atoms with E-state index in [0.29, 0.717) is 11.3 Å². The fraction of sp³-hybridized carbons (Fsp3) is 0.235. The summed E-state index contributed by atoms with van der Waals surface area (Å²) < 4.78 is 7.63. The van der Waals surface area contributed by atoms with E-state index in [4.69, 9.17) is 16.3 Å². The van der Waals surface area contributed by atoms with E-state index in [1.807, 2.05) is 0 Å². The van der Waals surface area contributed by atoms with Crippen LogP contribution in [0.25, 0.3) is 16.6 Å². The molecule has 1 unspecified atom stereocenters. The molecule has 2 N–H and O–H groups in total. The molecule has 53 heavy (non-hydrogen) atoms. The molecule has 0 spiro atoms. The van der Waals surface area contributed by atoms with Crippen molar-refractivity contribution in [1.82, 2.24) is 29.7 Å². The van der Waals surface area contributed by atoms with Gasteiger partial charge >= 0.3 is 23.9 Å². The molecule has 6 rings (SSSR count). The Morgan fingerprint density at radius 2 is 1.74 bits per heavy atom. The van der Waals surface area contributed by atoms with Gasteiger partial charge in [0, 0.05) is 47.7 Å². The zero-order chi connectivity index (χ0) is 38.2. The van der Waals surface area contributed by atoms with Crippen molar-refractivity contribution in [3.05, 3.63) is 99.5 Å². The number of carbonyl (C=O) groups excluding carboxylic acids is 4. The molecule has 3 aromatic carbocycles. The SMILES string of the molecule is CC(C)(C)OC(=O)n1c(C(=O)O)cc2cc(NC(=O)C(Cc3ccc([N+](=O)[O-])cc3)N3CCN(c4cc(Cl)ccc4-n4cnnn4)C(=O)C3=O)ccc21. The third-order valence-corrected chi connectivity index (χ3v) is 8.43. The van der Waals surface area contributed by atoms with Crippen molar-refractivity contribution in [2.45, 2.75) is 38.8 Å². The lowest BCUT2D eigenvalue weighted by Gasteiger charge is -2.38. The second-order valence-corrected chi connectivity index (χ2v) is 13.3. The maximum absolute atomic E-state index is 14.1. The second kappa shape index (κ2) is 14.1. The van der Waals surface area contributed by atoms with Gasteiger partial charge in [0.2, 0.25) is 5.91 Å². The van der Waals surface area contributed by atoms with Gasteiger partial charge in [0.25, 0.3) is 5.69 Å². The number of anilines is 2. The molecule has 3 amide bonds. The highest BCUT2D eigenvalue weighted by Crippen LogP contribution is 2.31. The average molecular weight is 744 g/mol. The first-order valence-corrected chi connectivity index (χ1v) is 16.3. The molecule has 1 saturated heterocycles. The smallest absolute Gasteiger partial charge is 0.419 e. The van der Waals surface area contributed by atoms with Gasteiger partial charge in [0.1, 0.15) is 23.7 Å². The molecule has 1 aliphatic rings. The predicted molar refractivity (Wildman–Crippen MR) is 188 cm³/mol. The van der Waals surface area contributed by atoms with Crippen LogP contribution in [0.4, 0.5) is 21.9 Å². The van der Waals surface area contributed by atoms with Crippen molar-refractivity contribution < 1.29 is 38.7 Å². The number of amides is 3. The maximum atomic E-state index is 14.1. The summed E-state index contributed by atoms with van der Waals surface area (Å²) in [5, 5.41) is 35.5. The summed E-state index contributed by atoms with van der Waals surface area (Å²) >= 11 is 6.26. The van der Waals surface area contributed by atoms with E-state index in [9.17, 15) is 39.2 Å². The molecule has 1 fully saturated rings. The molecule has 0 radical (unpaired) electrons. The van der Waals surface area contributed by atoms with Crippen LogP contribution in [0.5, 0.6) is 0 Å². The minimum absolute atomic E-state index is 0.0494. The number of piperazine rings is 1. The fourth-order valence-corrected chi connectivity index (χ4v) is 6.02. The number of carbonyl (C=O) groups is 5. The Labute approximate surface area is 304 Å². The quantitative estimate of drug-likeness (QED) is 0.124. The number of nitro groups is 1. The number of ether oxygens (including phenoxy) is 1. The van der Waals surface area contributed by atoms with Crippen LogP contribution >= 0.6 is 11.6 Å². The topological polar surface area (TPSA) is 225 Å². The van der Waals surface area contributed by atoms with Crippen LogP contribution < -0.4 is 10.2 Å². The van der Waals surface area contributed by atoms with E-state index in [2.05, 4.69) is 20.8 Å². The molecular weight excluding hydrogens is 714 g/mol. The highest BCUT2D eigenvalue weighted by molar-refractivity contribution is 6.41. The molecule has 18 nitrogen and oxygen atoms in total. The Hall–Kier alpha value is -6.69. The number of tetrazole rings is 1. The first kappa shape index (κ1) is 36.1. The normalized spacial score (nSPS) is 14.0. The maximum Gasteiger partial charge on any atom is 0.419 e. The molecule has 0 aliphatic carbocycles. The van der Waals surface area contributed by atoms with Crippen molar-refractivity contribution in [2.24, 2.45) is 0 Å². The number of aromatic carboxylic acids is 1. The number of benzene rings is 3. The Bertz CT molecular complexity index is 2280. The number of carboxylic acids is 1. The Morgan fingerprint density at radius 1 is 1.00 bits per heavy atom. The predicted octanol–water partition coefficient (Wildman–Crippen LogP) is 4.09. The molecule has 19 heteroatoms. The Kier molecular flexibility index (Phi) is 9.64. The van der Waals surface area contributed by atoms with E-state index >= 15 is 0 Å². The van der Waals surface area contributed by atoms with Crippen LogP contribution in [0, 0.1) is 10.1 Å². The number of fused-ring (bicyclic) bond motifs is 1. The van der Waals surface area contributed by atoms with Crippen molar-refractivity contribution in [1.29, 1.82) is 0 Å². The van der Waals surface area contributed by atoms with Crippen LogP contribution in [-0.2, 0) is 25.5 Å². The largest absolute Gasteiger partial charge is 0.477 e. The van der Waals surface area contributed by atoms with E-state index in [1.165, 1.54) is 70.5 Å². The summed E-state index contributed by atoms with van der Waals surface area (Å²) in [6.07, 6.45) is 0.276. The number of nitrogens with one attached hydrogen (secondary N) is 1. The van der Waals surface area contributed by atoms with Crippen LogP contribution in [0.2, 0.25) is 5.02 Å². The molecule has 5 aromatic rings. The van der Waals surface area contributed by atoms with Crippen LogP contribution in [0.1, 0.15) is 36.8 Å². The zero-order valence-electron chi connectivity index (χ0n) is 28.3. The summed E-state index contributed by atoms with van der Waals surface area (Å²) in [4.78, 5) is 79.7. The number of aromatic nitrogens is 5. The van der Waals surface area contributed by atoms with Crippen LogP contribution in [0.15, 0.2) is 73.1 Å². The van der Waals surface area contributed by atoms with Crippen LogP contribution in [0.3, 0.4) is 0 Å². The first-order valence-electron chi connectivity index (χ1n) is 15.9. The molecular formula is C34H30ClN9O9. The fourth-order valence-electron chi connectivity index (χ4n) is 5.86. The molecule has 1 atom stereocenters. The molecule has 0 bridgehead atoms. The number of nitro benzene ring substituents is 1. The summed E-state index contributed by atoms with van der Waals surface area (Å²) in [5.74, 6) is -4.05. The summed E-state index contributed by atoms with van der Waals surface area (Å²) in [5.41, 5.74) is 0.0345. The first-order chi connectivity index (χ1) is 25.1. The summed E-state index contributed by atoms with van der Waals surface area (Å²) in [6.45, 7) is 4.77. The van der Waals surface area contributed by atoms with E-state index in [1.54, 1.807) is 32.9 Å². The molecule has 3 heterocycles. The second-order valence-electron chi connectivity index (χ2n) is 12.9. The Morgan fingerprint density at radius 3 is 2.38 bits per heavy atom. The van der Waals surface area contributed by atoms with Gasteiger partial charge in [0.05, 0.1) is 21.8 Å². The number of hydrogen-bond donors (Lipinski definition) is 2. The standard InChI is InChI=1S/C34H30ClN9O9/c1-34(2,3)53-33(50)43-24-11-7-22(15-20(24)16-28(43)32(48)49)37-29(45)27(14-19-4-8-23(9-5-19)44(51)52)41-13-12-40(30(46)31(41)47)26-17-21(35)6-10-25(26)42-18-36-38-39-42/h4-11,15-18,27H,12-14H2,1-3H3,(H,37,45)(H,48,49). The lowest BCUT2D eigenvalue weighted by molar-refractivity contribution is -0.384. The van der Waals surface area contributed by atoms with Gasteiger partial charge in [-0.05, 0) is 79.2 Å². The molecule has 272 valence electrons. The van der Waals surface area contributed by atoms with Gasteiger partial charge in [-0.3, -0.25) is 24.5 Å². The minimum Gasteiger partial charge on any atom is -0.477 e. The van der Waals surface area contributed by atoms with Crippen molar-refractivity contribution in [3.8, 4) is 5.69 Å². The monoisotopic (exact) mass is 743 g/mol. The molecule has 2 aromatic heterocycles. The highest BCUT2D eigenvalue weighted by atomic mass is 35.5. The lowest BCUT2D eigenvalue weighted by atomic mass is 10.0. The average Bonchev–Trinajstić information content (AvgIpc) is 3.77. The third-order valence-electron chi connectivity index (χ3n) is 8.20. The number of carboxylic acid groups (broad SMARTS) is 1. The lowest BCUT2D eigenvalue weighted by Crippen LogP contribution is -2.60. The van der Waals surface area contributed by atoms with Gasteiger partial charge in [-0.1, -0.05) is 23.7 Å². The zero-order valence-corrected chi connectivity index (χ0v) is 29.1. The van der Waals surface area contributed by atoms with Crippen molar-refractivity contribution >= 4 is 69.4 Å². The number of non-ortho nitro benzene ring substituents is 1. The van der Waals surface area contributed by atoms with Gasteiger partial charge in [-0.25, -0.2) is 14.2 Å². The highest BCUT2D eigenvalue weighted by Gasteiger charge is 2.41.